The van der Waals surface area contributed by atoms with Crippen LogP contribution in [0, 0.1) is 0 Å². The van der Waals surface area contributed by atoms with Crippen molar-refractivity contribution in [2.24, 2.45) is 0 Å². The molecule has 2 aromatic rings. The number of carboxylic acids is 1. The van der Waals surface area contributed by atoms with E-state index in [0.717, 1.165) is 9.90 Å². The number of thioether (sulfide) groups is 1. The van der Waals surface area contributed by atoms with Crippen molar-refractivity contribution in [3.63, 3.8) is 0 Å². The maximum atomic E-state index is 11.0. The van der Waals surface area contributed by atoms with Crippen molar-refractivity contribution in [1.29, 1.82) is 0 Å². The zero-order valence-corrected chi connectivity index (χ0v) is 12.7. The second-order valence-corrected chi connectivity index (χ2v) is 6.73. The fraction of sp³-hybridized carbons (Fsp3) is 0.100. The smallest absolute Gasteiger partial charge is 0.336 e. The quantitative estimate of drug-likeness (QED) is 0.831. The summed E-state index contributed by atoms with van der Waals surface area (Å²) in [6.07, 6.45) is 0. The summed E-state index contributed by atoms with van der Waals surface area (Å²) in [5.74, 6) is -0.339. The highest BCUT2D eigenvalue weighted by molar-refractivity contribution is 9.10. The van der Waals surface area contributed by atoms with Gasteiger partial charge >= 0.3 is 5.97 Å². The number of hydrogen-bond donors (Lipinski definition) is 1. The molecule has 1 N–H and O–H groups in total. The Labute approximate surface area is 125 Å². The highest BCUT2D eigenvalue weighted by atomic mass is 79.9. The van der Waals surface area contributed by atoms with Crippen LogP contribution in [0.1, 0.15) is 15.4 Å². The lowest BCUT2D eigenvalue weighted by atomic mass is 10.2. The molecule has 0 radical (unpaired) electrons. The lowest BCUT2D eigenvalue weighted by Gasteiger charge is -2.03. The summed E-state index contributed by atoms with van der Waals surface area (Å²) < 4.78 is 0.978. The van der Waals surface area contributed by atoms with Crippen molar-refractivity contribution in [1.82, 2.24) is 10.2 Å². The third kappa shape index (κ3) is 3.44. The van der Waals surface area contributed by atoms with Crippen LogP contribution in [-0.2, 0) is 5.75 Å². The minimum Gasteiger partial charge on any atom is -0.478 e. The molecule has 1 aromatic carbocycles. The summed E-state index contributed by atoms with van der Waals surface area (Å²) in [6.45, 7) is 0. The number of nitrogens with zero attached hydrogens (tertiary/aromatic N) is 2. The summed E-state index contributed by atoms with van der Waals surface area (Å²) in [4.78, 5) is 11.8. The van der Waals surface area contributed by atoms with Gasteiger partial charge < -0.3 is 5.11 Å². The topological polar surface area (TPSA) is 63.1 Å². The standard InChI is InChI=1S/C10H6BrClN2O2S2/c11-7-2-1-5(3-6(7)9(15)16)17-4-8-13-14-10(12)18-8/h1-3H,4H2,(H,15,16). The summed E-state index contributed by atoms with van der Waals surface area (Å²) in [5, 5.41) is 17.4. The van der Waals surface area contributed by atoms with E-state index in [-0.39, 0.29) is 5.56 Å². The molecule has 0 aliphatic carbocycles. The normalized spacial score (nSPS) is 10.6. The van der Waals surface area contributed by atoms with E-state index in [2.05, 4.69) is 26.1 Å². The van der Waals surface area contributed by atoms with Crippen LogP contribution in [0.25, 0.3) is 0 Å². The number of carbonyl (C=O) groups is 1. The van der Waals surface area contributed by atoms with Gasteiger partial charge in [-0.05, 0) is 45.7 Å². The molecule has 0 saturated heterocycles. The number of aromatic carboxylic acids is 1. The van der Waals surface area contributed by atoms with Gasteiger partial charge in [-0.2, -0.15) is 0 Å². The fourth-order valence-electron chi connectivity index (χ4n) is 1.19. The number of hydrogen-bond acceptors (Lipinski definition) is 5. The van der Waals surface area contributed by atoms with Gasteiger partial charge in [0.05, 0.1) is 11.3 Å². The van der Waals surface area contributed by atoms with Gasteiger partial charge in [-0.3, -0.25) is 0 Å². The monoisotopic (exact) mass is 364 g/mol. The van der Waals surface area contributed by atoms with E-state index in [1.807, 2.05) is 6.07 Å². The molecule has 0 unspecified atom stereocenters. The third-order valence-corrected chi connectivity index (χ3v) is 4.87. The zero-order valence-electron chi connectivity index (χ0n) is 8.76. The Hall–Kier alpha value is -0.630. The van der Waals surface area contributed by atoms with Gasteiger partial charge in [0.2, 0.25) is 4.47 Å². The second-order valence-electron chi connectivity index (χ2n) is 3.18. The van der Waals surface area contributed by atoms with Crippen LogP contribution >= 0.6 is 50.6 Å². The van der Waals surface area contributed by atoms with Crippen molar-refractivity contribution < 1.29 is 9.90 Å². The molecule has 18 heavy (non-hydrogen) atoms. The maximum absolute atomic E-state index is 11.0. The first-order valence-corrected chi connectivity index (χ1v) is 7.67. The van der Waals surface area contributed by atoms with Crippen molar-refractivity contribution in [2.45, 2.75) is 10.6 Å². The Balaban J connectivity index is 2.10. The molecule has 1 aromatic heterocycles. The Morgan fingerprint density at radius 2 is 2.28 bits per heavy atom. The molecule has 0 aliphatic rings. The fourth-order valence-corrected chi connectivity index (χ4v) is 3.40. The number of halogens is 2. The first-order chi connectivity index (χ1) is 8.56. The average molecular weight is 366 g/mol. The first-order valence-electron chi connectivity index (χ1n) is 4.70. The van der Waals surface area contributed by atoms with Gasteiger partial charge in [0.15, 0.2) is 0 Å². The zero-order chi connectivity index (χ0) is 13.1. The van der Waals surface area contributed by atoms with E-state index in [1.165, 1.54) is 23.1 Å². The molecule has 0 atom stereocenters. The van der Waals surface area contributed by atoms with E-state index >= 15 is 0 Å². The largest absolute Gasteiger partial charge is 0.478 e. The summed E-state index contributed by atoms with van der Waals surface area (Å²) in [6, 6.07) is 5.20. The number of carboxylic acid groups (broad SMARTS) is 1. The minimum atomic E-state index is -0.955. The molecular weight excluding hydrogens is 360 g/mol. The molecule has 0 bridgehead atoms. The molecule has 8 heteroatoms. The van der Waals surface area contributed by atoms with Crippen LogP contribution in [-0.4, -0.2) is 21.3 Å². The van der Waals surface area contributed by atoms with E-state index in [1.54, 1.807) is 12.1 Å². The molecule has 2 rings (SSSR count). The highest BCUT2D eigenvalue weighted by Crippen LogP contribution is 2.28. The van der Waals surface area contributed by atoms with E-state index < -0.39 is 5.97 Å². The second kappa shape index (κ2) is 6.01. The van der Waals surface area contributed by atoms with Crippen molar-refractivity contribution >= 4 is 56.6 Å². The van der Waals surface area contributed by atoms with Crippen LogP contribution in [0.2, 0.25) is 4.47 Å². The number of aromatic nitrogens is 2. The average Bonchev–Trinajstić information content (AvgIpc) is 2.74. The SMILES string of the molecule is O=C(O)c1cc(SCc2nnc(Cl)s2)ccc1Br. The Bertz CT molecular complexity index is 591. The van der Waals surface area contributed by atoms with Crippen molar-refractivity contribution in [3.8, 4) is 0 Å². The van der Waals surface area contributed by atoms with Crippen molar-refractivity contribution in [3.05, 3.63) is 37.7 Å². The third-order valence-electron chi connectivity index (χ3n) is 1.97. The molecule has 0 spiro atoms. The predicted molar refractivity (Wildman–Crippen MR) is 75.6 cm³/mol. The van der Waals surface area contributed by atoms with Gasteiger partial charge in [0, 0.05) is 9.37 Å². The summed E-state index contributed by atoms with van der Waals surface area (Å²) in [7, 11) is 0. The molecule has 0 amide bonds. The first kappa shape index (κ1) is 13.8. The Morgan fingerprint density at radius 3 is 2.89 bits per heavy atom. The Morgan fingerprint density at radius 1 is 1.50 bits per heavy atom. The lowest BCUT2D eigenvalue weighted by Crippen LogP contribution is -1.97. The molecule has 4 nitrogen and oxygen atoms in total. The van der Waals surface area contributed by atoms with Crippen LogP contribution < -0.4 is 0 Å². The molecule has 94 valence electrons. The van der Waals surface area contributed by atoms with Crippen LogP contribution in [0.5, 0.6) is 0 Å². The van der Waals surface area contributed by atoms with Gasteiger partial charge in [-0.25, -0.2) is 4.79 Å². The highest BCUT2D eigenvalue weighted by Gasteiger charge is 2.10. The molecule has 1 heterocycles. The molecule has 0 aliphatic heterocycles. The van der Waals surface area contributed by atoms with Crippen LogP contribution in [0.15, 0.2) is 27.6 Å². The summed E-state index contributed by atoms with van der Waals surface area (Å²) >= 11 is 11.7. The van der Waals surface area contributed by atoms with Crippen LogP contribution in [0.3, 0.4) is 0 Å². The molecular formula is C10H6BrClN2O2S2. The van der Waals surface area contributed by atoms with E-state index in [9.17, 15) is 4.79 Å². The molecule has 0 fully saturated rings. The van der Waals surface area contributed by atoms with Crippen LogP contribution in [0.4, 0.5) is 0 Å². The maximum Gasteiger partial charge on any atom is 0.336 e. The minimum absolute atomic E-state index is 0.246. The van der Waals surface area contributed by atoms with Gasteiger partial charge in [0.1, 0.15) is 5.01 Å². The number of rotatable bonds is 4. The van der Waals surface area contributed by atoms with E-state index in [4.69, 9.17) is 16.7 Å². The molecule has 0 saturated carbocycles. The van der Waals surface area contributed by atoms with Crippen molar-refractivity contribution in [2.75, 3.05) is 0 Å². The number of benzene rings is 1. The van der Waals surface area contributed by atoms with Gasteiger partial charge in [-0.1, -0.05) is 11.3 Å². The summed E-state index contributed by atoms with van der Waals surface area (Å²) in [5.41, 5.74) is 0.246. The van der Waals surface area contributed by atoms with Gasteiger partial charge in [-0.15, -0.1) is 22.0 Å². The van der Waals surface area contributed by atoms with Gasteiger partial charge in [0.25, 0.3) is 0 Å². The predicted octanol–water partition coefficient (Wildman–Crippen LogP) is 3.94. The van der Waals surface area contributed by atoms with E-state index in [0.29, 0.717) is 14.7 Å². The Kier molecular flexibility index (Phi) is 4.60. The lowest BCUT2D eigenvalue weighted by molar-refractivity contribution is 0.0695.